The average Bonchev–Trinajstić information content (AvgIpc) is 2.89. The molecule has 3 N–H and O–H groups in total. The number of para-hydroxylation sites is 1. The third-order valence-corrected chi connectivity index (χ3v) is 3.20. The maximum atomic E-state index is 9.17. The van der Waals surface area contributed by atoms with Crippen molar-refractivity contribution in [3.05, 3.63) is 48.0 Å². The highest BCUT2D eigenvalue weighted by atomic mass is 15.2. The van der Waals surface area contributed by atoms with E-state index in [0.29, 0.717) is 17.2 Å². The molecule has 0 spiro atoms. The molecule has 5 heteroatoms. The summed E-state index contributed by atoms with van der Waals surface area (Å²) < 4.78 is 0. The van der Waals surface area contributed by atoms with Gasteiger partial charge in [-0.3, -0.25) is 0 Å². The van der Waals surface area contributed by atoms with Gasteiger partial charge in [0.1, 0.15) is 6.07 Å². The van der Waals surface area contributed by atoms with Gasteiger partial charge in [-0.25, -0.2) is 4.98 Å². The van der Waals surface area contributed by atoms with Gasteiger partial charge in [0.05, 0.1) is 22.3 Å². The monoisotopic (exact) mass is 263 g/mol. The number of anilines is 3. The van der Waals surface area contributed by atoms with Gasteiger partial charge in [-0.05, 0) is 30.3 Å². The maximum Gasteiger partial charge on any atom is 0.208 e. The van der Waals surface area contributed by atoms with Crippen LogP contribution in [-0.2, 0) is 0 Å². The molecule has 0 amide bonds. The van der Waals surface area contributed by atoms with Gasteiger partial charge >= 0.3 is 0 Å². The quantitative estimate of drug-likeness (QED) is 0.696. The van der Waals surface area contributed by atoms with Gasteiger partial charge in [0, 0.05) is 12.7 Å². The smallest absolute Gasteiger partial charge is 0.208 e. The van der Waals surface area contributed by atoms with Crippen molar-refractivity contribution in [1.82, 2.24) is 9.97 Å². The van der Waals surface area contributed by atoms with E-state index in [1.165, 1.54) is 0 Å². The van der Waals surface area contributed by atoms with Gasteiger partial charge < -0.3 is 15.6 Å². The number of nitriles is 1. The first-order chi connectivity index (χ1) is 9.69. The number of rotatable bonds is 2. The molecule has 0 aliphatic rings. The Labute approximate surface area is 116 Å². The molecule has 0 saturated heterocycles. The third kappa shape index (κ3) is 1.93. The molecule has 3 rings (SSSR count). The van der Waals surface area contributed by atoms with Crippen LogP contribution in [0, 0.1) is 11.3 Å². The number of aromatic amines is 1. The first-order valence-corrected chi connectivity index (χ1v) is 6.17. The van der Waals surface area contributed by atoms with Crippen LogP contribution in [-0.4, -0.2) is 17.0 Å². The maximum absolute atomic E-state index is 9.17. The van der Waals surface area contributed by atoms with Gasteiger partial charge in [-0.15, -0.1) is 0 Å². The number of nitrogens with one attached hydrogen (secondary N) is 1. The summed E-state index contributed by atoms with van der Waals surface area (Å²) in [4.78, 5) is 9.58. The topological polar surface area (TPSA) is 81.7 Å². The molecule has 3 aromatic rings. The molecule has 20 heavy (non-hydrogen) atoms. The summed E-state index contributed by atoms with van der Waals surface area (Å²) >= 11 is 0. The summed E-state index contributed by atoms with van der Waals surface area (Å²) in [5, 5.41) is 9.17. The second-order valence-corrected chi connectivity index (χ2v) is 4.52. The number of imidazole rings is 1. The predicted molar refractivity (Wildman–Crippen MR) is 79.7 cm³/mol. The Morgan fingerprint density at radius 1 is 1.25 bits per heavy atom. The molecule has 98 valence electrons. The fourth-order valence-electron chi connectivity index (χ4n) is 2.15. The number of nitrogens with zero attached hydrogens (tertiary/aromatic N) is 3. The Balaban J connectivity index is 2.08. The van der Waals surface area contributed by atoms with Crippen LogP contribution in [0.3, 0.4) is 0 Å². The molecular formula is C15H13N5. The number of H-pyrrole nitrogens is 1. The first kappa shape index (κ1) is 12.1. The van der Waals surface area contributed by atoms with E-state index in [1.807, 2.05) is 48.3 Å². The van der Waals surface area contributed by atoms with Crippen LogP contribution in [0.4, 0.5) is 17.3 Å². The molecule has 0 atom stereocenters. The van der Waals surface area contributed by atoms with Crippen LogP contribution < -0.4 is 10.6 Å². The van der Waals surface area contributed by atoms with E-state index in [0.717, 1.165) is 16.7 Å². The number of hydrogen-bond acceptors (Lipinski definition) is 4. The van der Waals surface area contributed by atoms with Crippen molar-refractivity contribution in [3.63, 3.8) is 0 Å². The standard InChI is InChI=1S/C15H13N5/c1-20(14-5-3-2-4-10(14)9-16)15-18-12-7-6-11(17)8-13(12)19-15/h2-8H,17H2,1H3,(H,18,19). The number of nitrogen functional groups attached to an aromatic ring is 1. The highest BCUT2D eigenvalue weighted by Gasteiger charge is 2.12. The van der Waals surface area contributed by atoms with Gasteiger partial charge in [0.25, 0.3) is 0 Å². The highest BCUT2D eigenvalue weighted by Crippen LogP contribution is 2.26. The average molecular weight is 263 g/mol. The molecule has 0 aliphatic carbocycles. The number of fused-ring (bicyclic) bond motifs is 1. The Bertz CT molecular complexity index is 812. The van der Waals surface area contributed by atoms with E-state index in [2.05, 4.69) is 16.0 Å². The normalized spacial score (nSPS) is 10.4. The minimum Gasteiger partial charge on any atom is -0.399 e. The molecule has 0 aliphatic heterocycles. The zero-order valence-corrected chi connectivity index (χ0v) is 11.0. The Hall–Kier alpha value is -3.00. The van der Waals surface area contributed by atoms with Crippen molar-refractivity contribution >= 4 is 28.4 Å². The van der Waals surface area contributed by atoms with E-state index in [4.69, 9.17) is 11.0 Å². The Morgan fingerprint density at radius 2 is 2.05 bits per heavy atom. The van der Waals surface area contributed by atoms with Gasteiger partial charge in [0.2, 0.25) is 5.95 Å². The van der Waals surface area contributed by atoms with Crippen molar-refractivity contribution in [2.75, 3.05) is 17.7 Å². The van der Waals surface area contributed by atoms with Gasteiger partial charge in [-0.2, -0.15) is 5.26 Å². The highest BCUT2D eigenvalue weighted by molar-refractivity contribution is 5.82. The minimum absolute atomic E-state index is 0.606. The summed E-state index contributed by atoms with van der Waals surface area (Å²) in [5.41, 5.74) is 9.58. The summed E-state index contributed by atoms with van der Waals surface area (Å²) in [7, 11) is 1.87. The van der Waals surface area contributed by atoms with Crippen molar-refractivity contribution in [2.24, 2.45) is 0 Å². The van der Waals surface area contributed by atoms with Crippen molar-refractivity contribution < 1.29 is 0 Å². The summed E-state index contributed by atoms with van der Waals surface area (Å²) in [6, 6.07) is 15.1. The van der Waals surface area contributed by atoms with Crippen LogP contribution in [0.2, 0.25) is 0 Å². The second-order valence-electron chi connectivity index (χ2n) is 4.52. The van der Waals surface area contributed by atoms with Crippen molar-refractivity contribution in [1.29, 1.82) is 5.26 Å². The van der Waals surface area contributed by atoms with Crippen LogP contribution in [0.1, 0.15) is 5.56 Å². The number of nitrogens with two attached hydrogens (primary N) is 1. The minimum atomic E-state index is 0.606. The number of benzene rings is 2. The lowest BCUT2D eigenvalue weighted by Crippen LogP contribution is -2.12. The van der Waals surface area contributed by atoms with Crippen LogP contribution >= 0.6 is 0 Å². The Kier molecular flexibility index (Phi) is 2.77. The van der Waals surface area contributed by atoms with Gasteiger partial charge in [0.15, 0.2) is 0 Å². The fraction of sp³-hybridized carbons (Fsp3) is 0.0667. The predicted octanol–water partition coefficient (Wildman–Crippen LogP) is 2.78. The second kappa shape index (κ2) is 4.59. The van der Waals surface area contributed by atoms with Crippen molar-refractivity contribution in [3.8, 4) is 6.07 Å². The lowest BCUT2D eigenvalue weighted by atomic mass is 10.2. The number of hydrogen-bond donors (Lipinski definition) is 2. The lowest BCUT2D eigenvalue weighted by molar-refractivity contribution is 1.10. The zero-order valence-electron chi connectivity index (χ0n) is 11.0. The number of aromatic nitrogens is 2. The largest absolute Gasteiger partial charge is 0.399 e. The first-order valence-electron chi connectivity index (χ1n) is 6.17. The van der Waals surface area contributed by atoms with E-state index >= 15 is 0 Å². The fourth-order valence-corrected chi connectivity index (χ4v) is 2.15. The third-order valence-electron chi connectivity index (χ3n) is 3.20. The molecule has 0 unspecified atom stereocenters. The van der Waals surface area contributed by atoms with Crippen LogP contribution in [0.5, 0.6) is 0 Å². The molecule has 0 fully saturated rings. The summed E-state index contributed by atoms with van der Waals surface area (Å²) in [6.45, 7) is 0. The van der Waals surface area contributed by atoms with E-state index in [-0.39, 0.29) is 0 Å². The molecule has 1 heterocycles. The lowest BCUT2D eigenvalue weighted by Gasteiger charge is -2.16. The molecule has 5 nitrogen and oxygen atoms in total. The van der Waals surface area contributed by atoms with Crippen LogP contribution in [0.25, 0.3) is 11.0 Å². The summed E-state index contributed by atoms with van der Waals surface area (Å²) in [5.74, 6) is 0.674. The van der Waals surface area contributed by atoms with E-state index in [1.54, 1.807) is 6.07 Å². The van der Waals surface area contributed by atoms with Crippen molar-refractivity contribution in [2.45, 2.75) is 0 Å². The zero-order chi connectivity index (χ0) is 14.1. The molecule has 0 radical (unpaired) electrons. The van der Waals surface area contributed by atoms with Gasteiger partial charge in [-0.1, -0.05) is 12.1 Å². The van der Waals surface area contributed by atoms with Crippen LogP contribution in [0.15, 0.2) is 42.5 Å². The SMILES string of the molecule is CN(c1nc2ccc(N)cc2[nH]1)c1ccccc1C#N. The summed E-state index contributed by atoms with van der Waals surface area (Å²) in [6.07, 6.45) is 0. The van der Waals surface area contributed by atoms with E-state index in [9.17, 15) is 0 Å². The van der Waals surface area contributed by atoms with E-state index < -0.39 is 0 Å². The molecule has 0 bridgehead atoms. The molecular weight excluding hydrogens is 250 g/mol. The molecule has 1 aromatic heterocycles. The Morgan fingerprint density at radius 3 is 2.85 bits per heavy atom. The molecule has 0 saturated carbocycles. The molecule has 2 aromatic carbocycles.